The van der Waals surface area contributed by atoms with Gasteiger partial charge in [-0.3, -0.25) is 37.3 Å². The van der Waals surface area contributed by atoms with E-state index in [1.54, 1.807) is 0 Å². The fourth-order valence-electron chi connectivity index (χ4n) is 8.41. The highest BCUT2D eigenvalue weighted by Crippen LogP contribution is 2.45. The third-order valence-electron chi connectivity index (χ3n) is 13.9. The molecule has 17 nitrogen and oxygen atoms in total. The molecule has 0 rings (SSSR count). The molecule has 0 bridgehead atoms. The van der Waals surface area contributed by atoms with Crippen molar-refractivity contribution in [3.05, 3.63) is 0 Å². The van der Waals surface area contributed by atoms with Gasteiger partial charge in [-0.25, -0.2) is 9.13 Å². The molecule has 7 atom stereocenters. The first kappa shape index (κ1) is 75.1. The molecule has 0 radical (unpaired) electrons. The van der Waals surface area contributed by atoms with E-state index >= 15 is 0 Å². The lowest BCUT2D eigenvalue weighted by atomic mass is 10.00. The van der Waals surface area contributed by atoms with E-state index in [0.717, 1.165) is 121 Å². The summed E-state index contributed by atoms with van der Waals surface area (Å²) in [6.45, 7) is 9.30. The summed E-state index contributed by atoms with van der Waals surface area (Å²) in [6.07, 6.45) is 30.9. The van der Waals surface area contributed by atoms with Crippen LogP contribution in [0.2, 0.25) is 0 Å². The number of ether oxygens (including phenoxy) is 4. The van der Waals surface area contributed by atoms with Crippen molar-refractivity contribution in [3.8, 4) is 0 Å². The average molecular weight is 1140 g/mol. The number of esters is 4. The second-order valence-electron chi connectivity index (χ2n) is 21.5. The van der Waals surface area contributed by atoms with Crippen molar-refractivity contribution < 1.29 is 80.2 Å². The lowest BCUT2D eigenvalue weighted by molar-refractivity contribution is -0.161. The number of carbonyl (C=O) groups is 4. The SMILES string of the molecule is CCCCCCCCCCCCC(=O)O[C@H](COC(=O)CCCCCCCCC)COP(=O)(O)OC[C@H](O)COP(=O)(O)OC[C@@H](COC(=O)CCCCCCCCC(C)CC)OC(=O)CCCCCCCCC(C)CC. The second-order valence-corrected chi connectivity index (χ2v) is 24.4. The Morgan fingerprint density at radius 2 is 0.623 bits per heavy atom. The molecule has 0 saturated heterocycles. The number of hydrogen-bond acceptors (Lipinski definition) is 15. The van der Waals surface area contributed by atoms with E-state index in [1.165, 1.54) is 77.0 Å². The molecular weight excluding hydrogens is 1030 g/mol. The van der Waals surface area contributed by atoms with Gasteiger partial charge in [-0.1, -0.05) is 228 Å². The van der Waals surface area contributed by atoms with Crippen LogP contribution >= 0.6 is 15.6 Å². The van der Waals surface area contributed by atoms with E-state index in [9.17, 15) is 43.2 Å². The molecule has 19 heteroatoms. The normalized spacial score (nSPS) is 15.2. The van der Waals surface area contributed by atoms with E-state index in [-0.39, 0.29) is 25.7 Å². The molecular formula is C58H112O17P2. The summed E-state index contributed by atoms with van der Waals surface area (Å²) in [6, 6.07) is 0. The van der Waals surface area contributed by atoms with Crippen molar-refractivity contribution in [3.63, 3.8) is 0 Å². The molecule has 77 heavy (non-hydrogen) atoms. The summed E-state index contributed by atoms with van der Waals surface area (Å²) in [5.41, 5.74) is 0. The first-order valence-corrected chi connectivity index (χ1v) is 33.6. The number of hydrogen-bond donors (Lipinski definition) is 3. The molecule has 0 fully saturated rings. The first-order valence-electron chi connectivity index (χ1n) is 30.6. The maximum atomic E-state index is 12.9. The minimum Gasteiger partial charge on any atom is -0.462 e. The fraction of sp³-hybridized carbons (Fsp3) is 0.931. The molecule has 3 N–H and O–H groups in total. The van der Waals surface area contributed by atoms with Gasteiger partial charge < -0.3 is 33.8 Å². The first-order chi connectivity index (χ1) is 36.9. The van der Waals surface area contributed by atoms with E-state index in [2.05, 4.69) is 41.5 Å². The summed E-state index contributed by atoms with van der Waals surface area (Å²) in [7, 11) is -9.87. The number of aliphatic hydroxyl groups is 1. The summed E-state index contributed by atoms with van der Waals surface area (Å²) in [5, 5.41) is 10.5. The third kappa shape index (κ3) is 50.7. The fourth-order valence-corrected chi connectivity index (χ4v) is 9.99. The smallest absolute Gasteiger partial charge is 0.462 e. The van der Waals surface area contributed by atoms with Gasteiger partial charge in [0.05, 0.1) is 26.4 Å². The second kappa shape index (κ2) is 51.0. The Bertz CT molecular complexity index is 1540. The lowest BCUT2D eigenvalue weighted by Crippen LogP contribution is -2.30. The predicted molar refractivity (Wildman–Crippen MR) is 303 cm³/mol. The summed E-state index contributed by atoms with van der Waals surface area (Å²) >= 11 is 0. The minimum absolute atomic E-state index is 0.102. The Kier molecular flexibility index (Phi) is 49.7. The Morgan fingerprint density at radius 3 is 0.922 bits per heavy atom. The molecule has 0 aromatic rings. The van der Waals surface area contributed by atoms with Crippen molar-refractivity contribution in [2.45, 2.75) is 297 Å². The van der Waals surface area contributed by atoms with Gasteiger partial charge in [0.15, 0.2) is 12.2 Å². The van der Waals surface area contributed by atoms with Gasteiger partial charge in [-0.2, -0.15) is 0 Å². The van der Waals surface area contributed by atoms with Crippen molar-refractivity contribution in [2.24, 2.45) is 11.8 Å². The topological polar surface area (TPSA) is 237 Å². The summed E-state index contributed by atoms with van der Waals surface area (Å²) < 4.78 is 67.6. The van der Waals surface area contributed by atoms with Gasteiger partial charge in [0.2, 0.25) is 0 Å². The molecule has 0 aliphatic carbocycles. The number of aliphatic hydroxyl groups excluding tert-OH is 1. The zero-order valence-electron chi connectivity index (χ0n) is 49.2. The Balaban J connectivity index is 5.23. The molecule has 0 aromatic heterocycles. The number of phosphoric ester groups is 2. The van der Waals surface area contributed by atoms with E-state index in [0.29, 0.717) is 25.7 Å². The van der Waals surface area contributed by atoms with Crippen LogP contribution in [0.5, 0.6) is 0 Å². The van der Waals surface area contributed by atoms with Crippen molar-refractivity contribution in [1.82, 2.24) is 0 Å². The van der Waals surface area contributed by atoms with Crippen LogP contribution in [0.1, 0.15) is 279 Å². The lowest BCUT2D eigenvalue weighted by Gasteiger charge is -2.21. The molecule has 4 unspecified atom stereocenters. The number of rotatable bonds is 57. The Morgan fingerprint density at radius 1 is 0.364 bits per heavy atom. The molecule has 0 spiro atoms. The molecule has 0 aliphatic rings. The average Bonchev–Trinajstić information content (AvgIpc) is 3.40. The maximum Gasteiger partial charge on any atom is 0.472 e. The van der Waals surface area contributed by atoms with Crippen LogP contribution in [-0.4, -0.2) is 96.7 Å². The molecule has 0 amide bonds. The van der Waals surface area contributed by atoms with Gasteiger partial charge in [-0.05, 0) is 37.5 Å². The van der Waals surface area contributed by atoms with Gasteiger partial charge in [0.1, 0.15) is 19.3 Å². The van der Waals surface area contributed by atoms with E-state index in [1.807, 2.05) is 0 Å². The van der Waals surface area contributed by atoms with Crippen LogP contribution in [0.3, 0.4) is 0 Å². The molecule has 0 aromatic carbocycles. The minimum atomic E-state index is -4.94. The Hall–Kier alpha value is -1.94. The zero-order chi connectivity index (χ0) is 57.3. The van der Waals surface area contributed by atoms with Crippen molar-refractivity contribution in [2.75, 3.05) is 39.6 Å². The van der Waals surface area contributed by atoms with Crippen LogP contribution < -0.4 is 0 Å². The quantitative estimate of drug-likeness (QED) is 0.0222. The maximum absolute atomic E-state index is 12.9. The highest BCUT2D eigenvalue weighted by atomic mass is 31.2. The molecule has 0 aliphatic heterocycles. The van der Waals surface area contributed by atoms with E-state index < -0.39 is 97.5 Å². The number of unbranched alkanes of at least 4 members (excludes halogenated alkanes) is 25. The highest BCUT2D eigenvalue weighted by molar-refractivity contribution is 7.47. The summed E-state index contributed by atoms with van der Waals surface area (Å²) in [5.74, 6) is -0.699. The van der Waals surface area contributed by atoms with Crippen LogP contribution in [0, 0.1) is 11.8 Å². The van der Waals surface area contributed by atoms with Crippen molar-refractivity contribution in [1.29, 1.82) is 0 Å². The number of phosphoric acid groups is 2. The number of carbonyl (C=O) groups excluding carboxylic acids is 4. The van der Waals surface area contributed by atoms with Gasteiger partial charge in [0, 0.05) is 25.7 Å². The standard InChI is InChI=1S/C58H112O17P2/c1-7-11-13-15-17-18-19-21-30-36-42-57(62)74-53(46-68-55(60)40-34-28-20-16-14-12-8-2)48-72-76(64,65)70-44-52(59)45-71-77(66,67)73-49-54(75-58(63)43-37-31-25-23-27-33-39-51(6)10-4)47-69-56(61)41-35-29-24-22-26-32-38-50(5)9-3/h50-54,59H,7-49H2,1-6H3,(H,64,65)(H,66,67)/t50?,51?,52-,53+,54+/m0/s1. The monoisotopic (exact) mass is 1140 g/mol. The van der Waals surface area contributed by atoms with Gasteiger partial charge in [0.25, 0.3) is 0 Å². The van der Waals surface area contributed by atoms with Crippen LogP contribution in [-0.2, 0) is 65.4 Å². The van der Waals surface area contributed by atoms with Crippen molar-refractivity contribution >= 4 is 39.5 Å². The van der Waals surface area contributed by atoms with E-state index in [4.69, 9.17) is 37.0 Å². The van der Waals surface area contributed by atoms with Crippen LogP contribution in [0.4, 0.5) is 0 Å². The molecule has 0 saturated carbocycles. The van der Waals surface area contributed by atoms with Crippen LogP contribution in [0.15, 0.2) is 0 Å². The Labute approximate surface area is 467 Å². The van der Waals surface area contributed by atoms with Gasteiger partial charge in [-0.15, -0.1) is 0 Å². The highest BCUT2D eigenvalue weighted by Gasteiger charge is 2.30. The third-order valence-corrected chi connectivity index (χ3v) is 15.8. The largest absolute Gasteiger partial charge is 0.472 e. The van der Waals surface area contributed by atoms with Crippen LogP contribution in [0.25, 0.3) is 0 Å². The van der Waals surface area contributed by atoms with Gasteiger partial charge >= 0.3 is 39.5 Å². The molecule has 456 valence electrons. The summed E-state index contributed by atoms with van der Waals surface area (Å²) in [4.78, 5) is 71.8. The zero-order valence-corrected chi connectivity index (χ0v) is 51.0. The predicted octanol–water partition coefficient (Wildman–Crippen LogP) is 15.3. The molecule has 0 heterocycles.